The average molecular weight is 236 g/mol. The Kier molecular flexibility index (Phi) is 3.19. The van der Waals surface area contributed by atoms with Crippen LogP contribution in [0.15, 0.2) is 43.0 Å². The van der Waals surface area contributed by atoms with Crippen LogP contribution < -0.4 is 0 Å². The summed E-state index contributed by atoms with van der Waals surface area (Å²) in [5.41, 5.74) is 2.88. The van der Waals surface area contributed by atoms with Crippen molar-refractivity contribution in [2.75, 3.05) is 0 Å². The lowest BCUT2D eigenvalue weighted by atomic mass is 9.81. The Labute approximate surface area is 109 Å². The van der Waals surface area contributed by atoms with Gasteiger partial charge in [-0.05, 0) is 40.7 Å². The first kappa shape index (κ1) is 11.5. The molecule has 1 fully saturated rings. The molecule has 0 aliphatic heterocycles. The van der Waals surface area contributed by atoms with E-state index in [2.05, 4.69) is 43.0 Å². The Morgan fingerprint density at radius 2 is 1.72 bits per heavy atom. The molecule has 3 rings (SSSR count). The van der Waals surface area contributed by atoms with Gasteiger partial charge >= 0.3 is 0 Å². The normalized spacial score (nSPS) is 16.9. The summed E-state index contributed by atoms with van der Waals surface area (Å²) in [4.78, 5) is 0. The molecule has 0 radical (unpaired) electrons. The maximum absolute atomic E-state index is 4.04. The van der Waals surface area contributed by atoms with Crippen LogP contribution in [-0.2, 0) is 0 Å². The van der Waals surface area contributed by atoms with Crippen molar-refractivity contribution in [2.45, 2.75) is 38.0 Å². The smallest absolute Gasteiger partial charge is 0.0109 e. The lowest BCUT2D eigenvalue weighted by Crippen LogP contribution is -2.06. The van der Waals surface area contributed by atoms with Gasteiger partial charge in [0.05, 0.1) is 0 Å². The molecule has 0 bridgehead atoms. The van der Waals surface area contributed by atoms with E-state index in [1.54, 1.807) is 0 Å². The largest absolute Gasteiger partial charge is 0.0984 e. The number of rotatable bonds is 2. The predicted molar refractivity (Wildman–Crippen MR) is 79.9 cm³/mol. The van der Waals surface area contributed by atoms with E-state index in [1.807, 2.05) is 6.08 Å². The zero-order valence-corrected chi connectivity index (χ0v) is 10.9. The topological polar surface area (TPSA) is 0 Å². The molecular formula is C18H20. The predicted octanol–water partition coefficient (Wildman–Crippen LogP) is 5.53. The maximum Gasteiger partial charge on any atom is -0.0109 e. The molecule has 0 amide bonds. The molecule has 0 saturated heterocycles. The van der Waals surface area contributed by atoms with Crippen molar-refractivity contribution in [3.63, 3.8) is 0 Å². The molecule has 92 valence electrons. The molecule has 0 spiro atoms. The van der Waals surface area contributed by atoms with Gasteiger partial charge in [0, 0.05) is 0 Å². The highest BCUT2D eigenvalue weighted by atomic mass is 14.2. The Hall–Kier alpha value is -1.56. The summed E-state index contributed by atoms with van der Waals surface area (Å²) < 4.78 is 0. The third kappa shape index (κ3) is 1.96. The van der Waals surface area contributed by atoms with Crippen LogP contribution in [0.2, 0.25) is 0 Å². The minimum absolute atomic E-state index is 0.747. The second-order valence-electron chi connectivity index (χ2n) is 5.33. The molecule has 1 aliphatic carbocycles. The summed E-state index contributed by atoms with van der Waals surface area (Å²) in [6, 6.07) is 13.2. The van der Waals surface area contributed by atoms with Gasteiger partial charge in [-0.2, -0.15) is 0 Å². The fraction of sp³-hybridized carbons (Fsp3) is 0.333. The van der Waals surface area contributed by atoms with Gasteiger partial charge in [0.15, 0.2) is 0 Å². The Morgan fingerprint density at radius 3 is 2.50 bits per heavy atom. The quantitative estimate of drug-likeness (QED) is 0.643. The Balaban J connectivity index is 2.13. The Bertz CT molecular complexity index is 559. The van der Waals surface area contributed by atoms with E-state index >= 15 is 0 Å². The molecule has 1 aliphatic rings. The van der Waals surface area contributed by atoms with E-state index in [9.17, 15) is 0 Å². The van der Waals surface area contributed by atoms with Crippen molar-refractivity contribution in [1.82, 2.24) is 0 Å². The second kappa shape index (κ2) is 4.97. The molecule has 18 heavy (non-hydrogen) atoms. The first-order chi connectivity index (χ1) is 8.90. The summed E-state index contributed by atoms with van der Waals surface area (Å²) >= 11 is 0. The van der Waals surface area contributed by atoms with Gasteiger partial charge in [0.25, 0.3) is 0 Å². The van der Waals surface area contributed by atoms with E-state index in [4.69, 9.17) is 0 Å². The van der Waals surface area contributed by atoms with Gasteiger partial charge in [-0.25, -0.2) is 0 Å². The zero-order chi connectivity index (χ0) is 12.4. The highest BCUT2D eigenvalue weighted by Gasteiger charge is 2.18. The fourth-order valence-electron chi connectivity index (χ4n) is 3.31. The zero-order valence-electron chi connectivity index (χ0n) is 10.9. The Morgan fingerprint density at radius 1 is 0.944 bits per heavy atom. The first-order valence-electron chi connectivity index (χ1n) is 7.04. The van der Waals surface area contributed by atoms with Crippen molar-refractivity contribution in [1.29, 1.82) is 0 Å². The SMILES string of the molecule is C=Cc1c(C2CCCCC2)ccc2ccccc12. The van der Waals surface area contributed by atoms with Gasteiger partial charge in [0.2, 0.25) is 0 Å². The molecule has 1 saturated carbocycles. The summed E-state index contributed by atoms with van der Waals surface area (Å²) in [5.74, 6) is 0.747. The number of fused-ring (bicyclic) bond motifs is 1. The second-order valence-corrected chi connectivity index (χ2v) is 5.33. The van der Waals surface area contributed by atoms with Gasteiger partial charge in [0.1, 0.15) is 0 Å². The molecule has 0 atom stereocenters. The van der Waals surface area contributed by atoms with Crippen LogP contribution in [0.1, 0.15) is 49.1 Å². The average Bonchev–Trinajstić information content (AvgIpc) is 2.47. The van der Waals surface area contributed by atoms with Gasteiger partial charge in [-0.1, -0.05) is 68.3 Å². The molecule has 0 unspecified atom stereocenters. The number of hydrogen-bond donors (Lipinski definition) is 0. The van der Waals surface area contributed by atoms with E-state index in [0.29, 0.717) is 0 Å². The first-order valence-corrected chi connectivity index (χ1v) is 7.04. The van der Waals surface area contributed by atoms with Crippen LogP contribution in [0, 0.1) is 0 Å². The van der Waals surface area contributed by atoms with Crippen molar-refractivity contribution >= 4 is 16.8 Å². The van der Waals surface area contributed by atoms with Crippen LogP contribution >= 0.6 is 0 Å². The lowest BCUT2D eigenvalue weighted by molar-refractivity contribution is 0.443. The molecule has 0 aromatic heterocycles. The molecule has 0 N–H and O–H groups in total. The highest BCUT2D eigenvalue weighted by Crippen LogP contribution is 2.37. The standard InChI is InChI=1S/C18H20/c1-2-16-17-11-7-6-10-15(17)12-13-18(16)14-8-4-3-5-9-14/h2,6-7,10-14H,1,3-5,8-9H2. The summed E-state index contributed by atoms with van der Waals surface area (Å²) in [6.07, 6.45) is 8.92. The molecule has 0 nitrogen and oxygen atoms in total. The summed E-state index contributed by atoms with van der Waals surface area (Å²) in [5, 5.41) is 2.68. The van der Waals surface area contributed by atoms with Crippen LogP contribution in [0.25, 0.3) is 16.8 Å². The third-order valence-corrected chi connectivity index (χ3v) is 4.25. The fourth-order valence-corrected chi connectivity index (χ4v) is 3.31. The lowest BCUT2D eigenvalue weighted by Gasteiger charge is -2.24. The molecule has 2 aromatic rings. The molecular weight excluding hydrogens is 216 g/mol. The van der Waals surface area contributed by atoms with Crippen LogP contribution in [0.3, 0.4) is 0 Å². The van der Waals surface area contributed by atoms with E-state index in [1.165, 1.54) is 54.0 Å². The maximum atomic E-state index is 4.04. The number of benzene rings is 2. The van der Waals surface area contributed by atoms with Crippen molar-refractivity contribution in [2.24, 2.45) is 0 Å². The molecule has 2 aromatic carbocycles. The van der Waals surface area contributed by atoms with E-state index in [0.717, 1.165) is 5.92 Å². The van der Waals surface area contributed by atoms with E-state index in [-0.39, 0.29) is 0 Å². The van der Waals surface area contributed by atoms with Crippen LogP contribution in [0.5, 0.6) is 0 Å². The third-order valence-electron chi connectivity index (χ3n) is 4.25. The van der Waals surface area contributed by atoms with Crippen molar-refractivity contribution in [3.8, 4) is 0 Å². The van der Waals surface area contributed by atoms with Crippen molar-refractivity contribution in [3.05, 3.63) is 54.1 Å². The minimum atomic E-state index is 0.747. The highest BCUT2D eigenvalue weighted by molar-refractivity contribution is 5.91. The molecule has 0 heteroatoms. The monoisotopic (exact) mass is 236 g/mol. The van der Waals surface area contributed by atoms with Gasteiger partial charge in [-0.3, -0.25) is 0 Å². The minimum Gasteiger partial charge on any atom is -0.0984 e. The van der Waals surface area contributed by atoms with Crippen LogP contribution in [-0.4, -0.2) is 0 Å². The van der Waals surface area contributed by atoms with Crippen LogP contribution in [0.4, 0.5) is 0 Å². The van der Waals surface area contributed by atoms with E-state index < -0.39 is 0 Å². The molecule has 0 heterocycles. The van der Waals surface area contributed by atoms with Gasteiger partial charge < -0.3 is 0 Å². The van der Waals surface area contributed by atoms with Crippen molar-refractivity contribution < 1.29 is 0 Å². The van der Waals surface area contributed by atoms with Gasteiger partial charge in [-0.15, -0.1) is 0 Å². The number of hydrogen-bond acceptors (Lipinski definition) is 0. The summed E-state index contributed by atoms with van der Waals surface area (Å²) in [7, 11) is 0. The summed E-state index contributed by atoms with van der Waals surface area (Å²) in [6.45, 7) is 4.04.